The smallest absolute Gasteiger partial charge is 0.332 e. The number of nitrogens with zero attached hydrogens (tertiary/aromatic N) is 3. The van der Waals surface area contributed by atoms with Crippen LogP contribution in [0.4, 0.5) is 5.69 Å². The van der Waals surface area contributed by atoms with E-state index in [1.807, 2.05) is 12.1 Å². The molecule has 0 saturated carbocycles. The Morgan fingerprint density at radius 3 is 2.55 bits per heavy atom. The minimum absolute atomic E-state index is 0.00451. The number of ketones is 1. The molecule has 0 unspecified atom stereocenters. The summed E-state index contributed by atoms with van der Waals surface area (Å²) < 4.78 is 2.16. The number of rotatable bonds is 5. The first-order valence-electron chi connectivity index (χ1n) is 10.5. The number of oxime groups is 1. The molecule has 4 aromatic rings. The minimum atomic E-state index is -0.631. The fourth-order valence-electron chi connectivity index (χ4n) is 4.47. The minimum Gasteiger partial charge on any atom is -0.340 e. The maximum Gasteiger partial charge on any atom is 0.332 e. The third-order valence-electron chi connectivity index (χ3n) is 5.85. The molecular weight excluding hydrogens is 422 g/mol. The number of hydrogen-bond acceptors (Lipinski definition) is 6. The van der Waals surface area contributed by atoms with Crippen LogP contribution in [-0.4, -0.2) is 27.0 Å². The van der Waals surface area contributed by atoms with Crippen molar-refractivity contribution in [2.75, 3.05) is 0 Å². The van der Waals surface area contributed by atoms with Gasteiger partial charge in [-0.3, -0.25) is 14.9 Å². The first-order valence-corrected chi connectivity index (χ1v) is 10.5. The molecule has 0 radical (unpaired) electrons. The van der Waals surface area contributed by atoms with E-state index in [9.17, 15) is 19.7 Å². The molecule has 2 heterocycles. The van der Waals surface area contributed by atoms with Crippen molar-refractivity contribution in [3.05, 3.63) is 87.5 Å². The van der Waals surface area contributed by atoms with Crippen LogP contribution >= 0.6 is 0 Å². The molecule has 164 valence electrons. The number of aromatic nitrogens is 1. The second kappa shape index (κ2) is 7.98. The molecule has 1 aliphatic heterocycles. The number of nitro groups is 1. The molecule has 5 rings (SSSR count). The summed E-state index contributed by atoms with van der Waals surface area (Å²) in [7, 11) is 0. The van der Waals surface area contributed by atoms with E-state index in [-0.39, 0.29) is 16.3 Å². The average molecular weight is 441 g/mol. The molecular formula is C25H19N3O5. The van der Waals surface area contributed by atoms with Crippen LogP contribution < -0.4 is 0 Å². The summed E-state index contributed by atoms with van der Waals surface area (Å²) in [6.45, 7) is 2.02. The van der Waals surface area contributed by atoms with Gasteiger partial charge in [0.2, 0.25) is 5.78 Å². The number of non-ortho nitro benzene ring substituents is 1. The molecule has 8 heteroatoms. The third kappa shape index (κ3) is 3.55. The van der Waals surface area contributed by atoms with Crippen LogP contribution in [-0.2, 0) is 22.6 Å². The van der Waals surface area contributed by atoms with Gasteiger partial charge in [-0.05, 0) is 36.6 Å². The highest BCUT2D eigenvalue weighted by molar-refractivity contribution is 6.51. The number of carbonyl (C=O) groups excluding carboxylic acids is 2. The second-order valence-electron chi connectivity index (χ2n) is 7.96. The van der Waals surface area contributed by atoms with Crippen LogP contribution in [0, 0.1) is 10.1 Å². The van der Waals surface area contributed by atoms with Gasteiger partial charge in [0.1, 0.15) is 0 Å². The molecule has 1 aliphatic rings. The quantitative estimate of drug-likeness (QED) is 0.145. The number of carbonyl (C=O) groups is 2. The Labute approximate surface area is 188 Å². The predicted molar refractivity (Wildman–Crippen MR) is 123 cm³/mol. The Hall–Kier alpha value is -4.33. The van der Waals surface area contributed by atoms with Crippen molar-refractivity contribution in [3.63, 3.8) is 0 Å². The highest BCUT2D eigenvalue weighted by atomic mass is 16.7. The van der Waals surface area contributed by atoms with E-state index in [2.05, 4.69) is 9.72 Å². The molecule has 0 aliphatic carbocycles. The molecule has 8 nitrogen and oxygen atoms in total. The van der Waals surface area contributed by atoms with Crippen LogP contribution in [0.3, 0.4) is 0 Å². The lowest BCUT2D eigenvalue weighted by atomic mass is 9.98. The molecule has 0 bridgehead atoms. The molecule has 0 saturated heterocycles. The zero-order valence-corrected chi connectivity index (χ0v) is 17.8. The van der Waals surface area contributed by atoms with Gasteiger partial charge in [0, 0.05) is 53.0 Å². The van der Waals surface area contributed by atoms with Gasteiger partial charge >= 0.3 is 5.97 Å². The topological polar surface area (TPSA) is 104 Å². The highest BCUT2D eigenvalue weighted by Crippen LogP contribution is 2.38. The number of benzene rings is 3. The van der Waals surface area contributed by atoms with E-state index < -0.39 is 11.8 Å². The number of fused-ring (bicyclic) bond motifs is 3. The molecule has 33 heavy (non-hydrogen) atoms. The van der Waals surface area contributed by atoms with Gasteiger partial charge in [0.15, 0.2) is 5.71 Å². The molecule has 0 atom stereocenters. The van der Waals surface area contributed by atoms with E-state index >= 15 is 0 Å². The number of Topliss-reactive ketones (excluding diaryl/α,β-unsaturated/α-hetero) is 1. The monoisotopic (exact) mass is 441 g/mol. The van der Waals surface area contributed by atoms with Gasteiger partial charge in [0.25, 0.3) is 5.69 Å². The maximum atomic E-state index is 13.4. The van der Waals surface area contributed by atoms with Crippen LogP contribution in [0.2, 0.25) is 0 Å². The van der Waals surface area contributed by atoms with Gasteiger partial charge in [-0.15, -0.1) is 0 Å². The first kappa shape index (κ1) is 20.6. The molecule has 0 spiro atoms. The molecule has 0 fully saturated rings. The summed E-state index contributed by atoms with van der Waals surface area (Å²) in [6, 6.07) is 17.3. The maximum absolute atomic E-state index is 13.4. The lowest BCUT2D eigenvalue weighted by Crippen LogP contribution is -2.17. The summed E-state index contributed by atoms with van der Waals surface area (Å²) in [5.74, 6) is -1.04. The number of hydrogen-bond donors (Lipinski definition) is 0. The van der Waals surface area contributed by atoms with Crippen molar-refractivity contribution in [1.29, 1.82) is 0 Å². The van der Waals surface area contributed by atoms with Crippen molar-refractivity contribution in [2.45, 2.75) is 26.3 Å². The highest BCUT2D eigenvalue weighted by Gasteiger charge is 2.24. The van der Waals surface area contributed by atoms with Crippen LogP contribution in [0.5, 0.6) is 0 Å². The Balaban J connectivity index is 1.69. The molecule has 3 aromatic carbocycles. The van der Waals surface area contributed by atoms with E-state index in [1.54, 1.807) is 48.5 Å². The molecule has 0 N–H and O–H groups in total. The second-order valence-corrected chi connectivity index (χ2v) is 7.96. The Bertz CT molecular complexity index is 1480. The summed E-state index contributed by atoms with van der Waals surface area (Å²) in [6.07, 6.45) is 1.66. The van der Waals surface area contributed by atoms with E-state index in [4.69, 9.17) is 4.84 Å². The van der Waals surface area contributed by atoms with Crippen LogP contribution in [0.1, 0.15) is 34.8 Å². The number of nitro benzene ring substituents is 1. The van der Waals surface area contributed by atoms with Crippen LogP contribution in [0.15, 0.2) is 65.8 Å². The Morgan fingerprint density at radius 2 is 1.82 bits per heavy atom. The fourth-order valence-corrected chi connectivity index (χ4v) is 4.47. The lowest BCUT2D eigenvalue weighted by Gasteiger charge is -2.16. The van der Waals surface area contributed by atoms with Gasteiger partial charge in [-0.2, -0.15) is 0 Å². The Kier molecular flexibility index (Phi) is 4.97. The van der Waals surface area contributed by atoms with Crippen molar-refractivity contribution in [2.24, 2.45) is 5.16 Å². The summed E-state index contributed by atoms with van der Waals surface area (Å²) in [4.78, 5) is 40.7. The van der Waals surface area contributed by atoms with Gasteiger partial charge in [0.05, 0.1) is 10.4 Å². The predicted octanol–water partition coefficient (Wildman–Crippen LogP) is 4.80. The van der Waals surface area contributed by atoms with E-state index in [0.717, 1.165) is 46.8 Å². The summed E-state index contributed by atoms with van der Waals surface area (Å²) in [5, 5.41) is 16.8. The SMILES string of the molecule is CC(=O)O/N=C(/C(=O)c1ccc2c(c1)c1cc([N+](=O)[O-])cc3c1n2CCC3)c1ccccc1. The summed E-state index contributed by atoms with van der Waals surface area (Å²) >= 11 is 0. The van der Waals surface area contributed by atoms with E-state index in [0.29, 0.717) is 11.1 Å². The summed E-state index contributed by atoms with van der Waals surface area (Å²) in [5.41, 5.74) is 3.74. The average Bonchev–Trinajstić information content (AvgIpc) is 3.14. The number of aryl methyl sites for hydroxylation is 2. The van der Waals surface area contributed by atoms with Gasteiger partial charge in [-0.1, -0.05) is 35.5 Å². The van der Waals surface area contributed by atoms with Crippen molar-refractivity contribution in [1.82, 2.24) is 4.57 Å². The molecule has 0 amide bonds. The standard InChI is InChI=1S/C25H19N3O5/c1-15(29)33-26-23(16-6-3-2-4-7-16)25(30)18-9-10-22-20(13-18)21-14-19(28(31)32)12-17-8-5-11-27(22)24(17)21/h2-4,6-7,9-10,12-14H,5,8,11H2,1H3/b26-23+. The Morgan fingerprint density at radius 1 is 1.03 bits per heavy atom. The third-order valence-corrected chi connectivity index (χ3v) is 5.85. The normalized spacial score (nSPS) is 13.3. The largest absolute Gasteiger partial charge is 0.340 e. The zero-order valence-electron chi connectivity index (χ0n) is 17.8. The van der Waals surface area contributed by atoms with Gasteiger partial charge in [-0.25, -0.2) is 4.79 Å². The molecule has 1 aromatic heterocycles. The van der Waals surface area contributed by atoms with Crippen molar-refractivity contribution >= 4 is 45.0 Å². The van der Waals surface area contributed by atoms with Gasteiger partial charge < -0.3 is 9.40 Å². The van der Waals surface area contributed by atoms with E-state index in [1.165, 1.54) is 6.92 Å². The zero-order chi connectivity index (χ0) is 23.1. The first-order chi connectivity index (χ1) is 15.9. The fraction of sp³-hybridized carbons (Fsp3) is 0.160. The lowest BCUT2D eigenvalue weighted by molar-refractivity contribution is -0.384. The van der Waals surface area contributed by atoms with Crippen molar-refractivity contribution < 1.29 is 19.3 Å². The van der Waals surface area contributed by atoms with Crippen LogP contribution in [0.25, 0.3) is 21.8 Å². The van der Waals surface area contributed by atoms with Crippen molar-refractivity contribution in [3.8, 4) is 0 Å².